The van der Waals surface area contributed by atoms with Crippen LogP contribution in [0.3, 0.4) is 0 Å². The Morgan fingerprint density at radius 1 is 0.467 bits per heavy atom. The van der Waals surface area contributed by atoms with Crippen LogP contribution in [-0.4, -0.2) is 22.0 Å². The smallest absolute Gasteiger partial charge is 0.907 e. The monoisotopic (exact) mass is 577 g/mol. The molecule has 0 spiro atoms. The largest absolute Gasteiger partial charge is 3.00 e. The Labute approximate surface area is 185 Å². The zero-order valence-electron chi connectivity index (χ0n) is 6.72. The van der Waals surface area contributed by atoms with E-state index in [1.54, 1.807) is 0 Å². The van der Waals surface area contributed by atoms with Gasteiger partial charge in [0.25, 0.3) is 0 Å². The topological polar surface area (TPSA) is 208 Å². The Hall–Kier alpha value is 3.85. The summed E-state index contributed by atoms with van der Waals surface area (Å²) in [6, 6.07) is 0. The van der Waals surface area contributed by atoms with Gasteiger partial charge in [-0.2, -0.15) is 0 Å². The third-order valence-corrected chi connectivity index (χ3v) is 0. The first-order chi connectivity index (χ1) is 5.20. The van der Waals surface area contributed by atoms with E-state index in [1.807, 2.05) is 0 Å². The SMILES string of the molecule is [Eu+3].[Gd+3].[O-]B([O-])[O-].[O-]B([O-])[O-].[O-]B([O-])[O-].[Y+3]. The average molecular weight is 575 g/mol. The molecule has 0 aliphatic heterocycles. The predicted molar refractivity (Wildman–Crippen MR) is 17.3 cm³/mol. The number of hydrogen-bond acceptors (Lipinski definition) is 9. The van der Waals surface area contributed by atoms with Gasteiger partial charge in [0.2, 0.25) is 0 Å². The molecular weight excluding hydrogens is 575 g/mol. The average Bonchev–Trinajstić information content (AvgIpc) is 1.54. The minimum absolute atomic E-state index is 0. The molecule has 0 aromatic carbocycles. The summed E-state index contributed by atoms with van der Waals surface area (Å²) >= 11 is 0. The van der Waals surface area contributed by atoms with Crippen LogP contribution in [0.25, 0.3) is 0 Å². The Balaban J connectivity index is -0.0000000184. The summed E-state index contributed by atoms with van der Waals surface area (Å²) in [5.74, 6) is 0. The van der Waals surface area contributed by atoms with Crippen LogP contribution in [0.15, 0.2) is 0 Å². The maximum Gasteiger partial charge on any atom is 3.00 e. The number of hydrogen-bond donors (Lipinski definition) is 0. The molecule has 15 heteroatoms. The van der Waals surface area contributed by atoms with Crippen molar-refractivity contribution in [2.75, 3.05) is 0 Å². The summed E-state index contributed by atoms with van der Waals surface area (Å²) in [7, 11) is -8.75. The maximum atomic E-state index is 8.42. The zero-order chi connectivity index (χ0) is 10.7. The molecule has 0 fully saturated rings. The van der Waals surface area contributed by atoms with E-state index in [2.05, 4.69) is 0 Å². The molecule has 0 amide bonds. The van der Waals surface area contributed by atoms with Gasteiger partial charge in [-0.05, 0) is 0 Å². The summed E-state index contributed by atoms with van der Waals surface area (Å²) in [5, 5.41) is 75.8. The van der Waals surface area contributed by atoms with Crippen LogP contribution in [0.2, 0.25) is 0 Å². The summed E-state index contributed by atoms with van der Waals surface area (Å²) in [5.41, 5.74) is 0. The minimum Gasteiger partial charge on any atom is -0.907 e. The third kappa shape index (κ3) is 303. The van der Waals surface area contributed by atoms with Gasteiger partial charge >= 0.3 is 122 Å². The van der Waals surface area contributed by atoms with Crippen molar-refractivity contribution in [3.63, 3.8) is 0 Å². The second-order valence-electron chi connectivity index (χ2n) is 0.866. The van der Waals surface area contributed by atoms with Gasteiger partial charge in [-0.25, -0.2) is 0 Å². The van der Waals surface area contributed by atoms with Crippen molar-refractivity contribution in [3.05, 3.63) is 0 Å². The fourth-order valence-corrected chi connectivity index (χ4v) is 0. The molecule has 0 saturated carbocycles. The summed E-state index contributed by atoms with van der Waals surface area (Å²) < 4.78 is 0. The van der Waals surface area contributed by atoms with Crippen molar-refractivity contribution in [2.45, 2.75) is 0 Å². The first-order valence-electron chi connectivity index (χ1n) is 2.12. The summed E-state index contributed by atoms with van der Waals surface area (Å²) in [4.78, 5) is 0. The van der Waals surface area contributed by atoms with Crippen molar-refractivity contribution in [3.8, 4) is 0 Å². The maximum absolute atomic E-state index is 8.42. The van der Waals surface area contributed by atoms with Crippen LogP contribution in [0.5, 0.6) is 0 Å². The van der Waals surface area contributed by atoms with Gasteiger partial charge in [0.1, 0.15) is 0 Å². The van der Waals surface area contributed by atoms with Gasteiger partial charge in [0, 0.05) is 0 Å². The molecule has 0 aromatic heterocycles. The Morgan fingerprint density at radius 3 is 0.467 bits per heavy atom. The van der Waals surface area contributed by atoms with E-state index in [-0.39, 0.29) is 122 Å². The summed E-state index contributed by atoms with van der Waals surface area (Å²) in [6.07, 6.45) is 0. The Bertz CT molecular complexity index is 53.8. The van der Waals surface area contributed by atoms with Crippen molar-refractivity contribution in [2.24, 2.45) is 0 Å². The Morgan fingerprint density at radius 2 is 0.467 bits per heavy atom. The molecule has 15 heavy (non-hydrogen) atoms. The van der Waals surface area contributed by atoms with Crippen molar-refractivity contribution in [1.82, 2.24) is 0 Å². The fourth-order valence-electron chi connectivity index (χ4n) is 0. The van der Waals surface area contributed by atoms with Crippen LogP contribution >= 0.6 is 0 Å². The molecule has 0 atom stereocenters. The molecule has 0 aliphatic rings. The van der Waals surface area contributed by atoms with Crippen LogP contribution in [-0.2, 0) is 32.7 Å². The normalized spacial score (nSPS) is 5.40. The molecule has 9 nitrogen and oxygen atoms in total. The van der Waals surface area contributed by atoms with Crippen LogP contribution in [0, 0.1) is 89.3 Å². The number of rotatable bonds is 0. The molecular formula is B3EuGdO9Y. The summed E-state index contributed by atoms with van der Waals surface area (Å²) in [6.45, 7) is 0. The second kappa shape index (κ2) is 30.7. The van der Waals surface area contributed by atoms with Crippen LogP contribution < -0.4 is 45.2 Å². The van der Waals surface area contributed by atoms with Crippen molar-refractivity contribution in [1.29, 1.82) is 0 Å². The van der Waals surface area contributed by atoms with Crippen molar-refractivity contribution < 1.29 is 167 Å². The molecule has 0 unspecified atom stereocenters. The molecule has 1 radical (unpaired) electrons. The molecule has 0 rings (SSSR count). The Kier molecular flexibility index (Phi) is 74.4. The van der Waals surface area contributed by atoms with Gasteiger partial charge in [0.15, 0.2) is 0 Å². The van der Waals surface area contributed by atoms with Crippen LogP contribution in [0.4, 0.5) is 0 Å². The molecule has 0 aromatic rings. The molecule has 0 saturated heterocycles. The van der Waals surface area contributed by atoms with E-state index in [9.17, 15) is 0 Å². The van der Waals surface area contributed by atoms with E-state index in [4.69, 9.17) is 45.2 Å². The van der Waals surface area contributed by atoms with Gasteiger partial charge < -0.3 is 45.2 Å². The molecule has 0 N–H and O–H groups in total. The molecule has 81 valence electrons. The minimum atomic E-state index is -2.92. The van der Waals surface area contributed by atoms with Crippen molar-refractivity contribution >= 4 is 22.0 Å². The quantitative estimate of drug-likeness (QED) is 0.251. The fraction of sp³-hybridized carbons (Fsp3) is 0. The zero-order valence-corrected chi connectivity index (χ0v) is 14.2. The molecule has 0 bridgehead atoms. The van der Waals surface area contributed by atoms with E-state index in [0.29, 0.717) is 0 Å². The van der Waals surface area contributed by atoms with Crippen LogP contribution in [0.1, 0.15) is 0 Å². The van der Waals surface area contributed by atoms with Gasteiger partial charge in [-0.3, -0.25) is 22.0 Å². The van der Waals surface area contributed by atoms with Gasteiger partial charge in [0.05, 0.1) is 0 Å². The standard InChI is InChI=1S/3BO3.Eu.Gd.Y/c3*2-1(3)4;;;/q3*-3;3*+3. The van der Waals surface area contributed by atoms with Gasteiger partial charge in [-0.15, -0.1) is 0 Å². The predicted octanol–water partition coefficient (Wildman–Crippen LogP) is -11.8. The first-order valence-corrected chi connectivity index (χ1v) is 2.12. The first kappa shape index (κ1) is 36.4. The third-order valence-electron chi connectivity index (χ3n) is 0. The van der Waals surface area contributed by atoms with E-state index < -0.39 is 22.0 Å². The molecule has 0 heterocycles. The van der Waals surface area contributed by atoms with E-state index in [1.165, 1.54) is 0 Å². The van der Waals surface area contributed by atoms with E-state index >= 15 is 0 Å². The molecule has 0 aliphatic carbocycles. The van der Waals surface area contributed by atoms with E-state index in [0.717, 1.165) is 0 Å². The second-order valence-corrected chi connectivity index (χ2v) is 0.866. The van der Waals surface area contributed by atoms with Gasteiger partial charge in [-0.1, -0.05) is 0 Å².